The first-order valence-corrected chi connectivity index (χ1v) is 12.7. The monoisotopic (exact) mass is 511 g/mol. The smallest absolute Gasteiger partial charge is 0.354 e. The van der Waals surface area contributed by atoms with Crippen molar-refractivity contribution >= 4 is 29.0 Å². The third kappa shape index (κ3) is 4.31. The number of fused-ring (bicyclic) bond motifs is 1. The van der Waals surface area contributed by atoms with Gasteiger partial charge in [0.2, 0.25) is 5.82 Å². The van der Waals surface area contributed by atoms with Crippen molar-refractivity contribution in [3.05, 3.63) is 83.4 Å². The molecule has 10 heteroatoms. The highest BCUT2D eigenvalue weighted by Gasteiger charge is 2.36. The van der Waals surface area contributed by atoms with Crippen molar-refractivity contribution in [2.45, 2.75) is 31.7 Å². The molecule has 2 saturated heterocycles. The quantitative estimate of drug-likeness (QED) is 0.406. The SMILES string of the molecule is Cc1cc(N2CC[C@](C)(c3ccccc3)C2)cn2nc(C(=O)NC3CN(c4cccc(C(=O)O)n4)C3)nc12. The fourth-order valence-electron chi connectivity index (χ4n) is 5.38. The van der Waals surface area contributed by atoms with Crippen molar-refractivity contribution in [1.82, 2.24) is 24.9 Å². The maximum Gasteiger partial charge on any atom is 0.354 e. The number of nitrogens with zero attached hydrogens (tertiary/aromatic N) is 6. The van der Waals surface area contributed by atoms with Gasteiger partial charge < -0.3 is 20.2 Å². The Bertz CT molecular complexity index is 1530. The molecule has 0 bridgehead atoms. The number of carbonyl (C=O) groups excluding carboxylic acids is 1. The molecule has 2 aliphatic rings. The summed E-state index contributed by atoms with van der Waals surface area (Å²) in [6, 6.07) is 17.5. The van der Waals surface area contributed by atoms with E-state index in [-0.39, 0.29) is 28.9 Å². The Morgan fingerprint density at radius 3 is 2.61 bits per heavy atom. The van der Waals surface area contributed by atoms with Gasteiger partial charge in [-0.05, 0) is 42.7 Å². The summed E-state index contributed by atoms with van der Waals surface area (Å²) in [6.07, 6.45) is 3.02. The van der Waals surface area contributed by atoms with Crippen LogP contribution in [-0.4, -0.2) is 68.8 Å². The number of hydrogen-bond acceptors (Lipinski definition) is 7. The Kier molecular flexibility index (Phi) is 5.74. The maximum atomic E-state index is 12.9. The van der Waals surface area contributed by atoms with Gasteiger partial charge in [0.1, 0.15) is 5.82 Å². The van der Waals surface area contributed by atoms with Crippen molar-refractivity contribution in [3.63, 3.8) is 0 Å². The predicted octanol–water partition coefficient (Wildman–Crippen LogP) is 2.92. The zero-order valence-corrected chi connectivity index (χ0v) is 21.3. The molecule has 1 aromatic carbocycles. The number of aromatic nitrogens is 4. The normalized spacial score (nSPS) is 19.5. The molecule has 10 nitrogen and oxygen atoms in total. The molecule has 4 aromatic rings. The van der Waals surface area contributed by atoms with Crippen LogP contribution in [0.5, 0.6) is 0 Å². The van der Waals surface area contributed by atoms with Crippen molar-refractivity contribution in [3.8, 4) is 0 Å². The lowest BCUT2D eigenvalue weighted by Crippen LogP contribution is -2.59. The molecule has 0 saturated carbocycles. The van der Waals surface area contributed by atoms with E-state index in [9.17, 15) is 9.59 Å². The van der Waals surface area contributed by atoms with E-state index in [0.717, 1.165) is 30.8 Å². The van der Waals surface area contributed by atoms with Crippen LogP contribution in [0, 0.1) is 6.92 Å². The fourth-order valence-corrected chi connectivity index (χ4v) is 5.38. The first-order valence-electron chi connectivity index (χ1n) is 12.7. The average Bonchev–Trinajstić information content (AvgIpc) is 3.52. The lowest BCUT2D eigenvalue weighted by Gasteiger charge is -2.40. The largest absolute Gasteiger partial charge is 0.477 e. The summed E-state index contributed by atoms with van der Waals surface area (Å²) in [5.74, 6) is -0.687. The van der Waals surface area contributed by atoms with Gasteiger partial charge in [-0.2, -0.15) is 0 Å². The van der Waals surface area contributed by atoms with Gasteiger partial charge in [-0.25, -0.2) is 19.3 Å². The average molecular weight is 512 g/mol. The zero-order chi connectivity index (χ0) is 26.4. The Morgan fingerprint density at radius 2 is 1.84 bits per heavy atom. The predicted molar refractivity (Wildman–Crippen MR) is 143 cm³/mol. The van der Waals surface area contributed by atoms with Crippen LogP contribution in [0.1, 0.15) is 45.6 Å². The highest BCUT2D eigenvalue weighted by molar-refractivity contribution is 5.91. The minimum atomic E-state index is -1.07. The van der Waals surface area contributed by atoms with E-state index in [1.807, 2.05) is 24.1 Å². The minimum Gasteiger partial charge on any atom is -0.477 e. The fraction of sp³-hybridized carbons (Fsp3) is 0.321. The second kappa shape index (κ2) is 9.13. The Hall–Kier alpha value is -4.47. The number of hydrogen-bond donors (Lipinski definition) is 2. The Labute approximate surface area is 219 Å². The number of nitrogens with one attached hydrogen (secondary N) is 1. The van der Waals surface area contributed by atoms with Crippen LogP contribution < -0.4 is 15.1 Å². The summed E-state index contributed by atoms with van der Waals surface area (Å²) < 4.78 is 1.70. The molecule has 1 atom stereocenters. The summed E-state index contributed by atoms with van der Waals surface area (Å²) in [4.78, 5) is 37.1. The van der Waals surface area contributed by atoms with E-state index in [1.165, 1.54) is 11.6 Å². The molecule has 0 aliphatic carbocycles. The van der Waals surface area contributed by atoms with Gasteiger partial charge in [0.05, 0.1) is 17.9 Å². The van der Waals surface area contributed by atoms with Gasteiger partial charge in [-0.1, -0.05) is 43.3 Å². The lowest BCUT2D eigenvalue weighted by molar-refractivity contribution is 0.0690. The molecule has 2 N–H and O–H groups in total. The zero-order valence-electron chi connectivity index (χ0n) is 21.3. The second-order valence-electron chi connectivity index (χ2n) is 10.4. The molecule has 0 radical (unpaired) electrons. The van der Waals surface area contributed by atoms with Crippen LogP contribution in [0.2, 0.25) is 0 Å². The molecule has 194 valence electrons. The molecular formula is C28H29N7O3. The van der Waals surface area contributed by atoms with Crippen LogP contribution >= 0.6 is 0 Å². The number of rotatable bonds is 6. The molecule has 0 unspecified atom stereocenters. The second-order valence-corrected chi connectivity index (χ2v) is 10.4. The number of pyridine rings is 2. The summed E-state index contributed by atoms with van der Waals surface area (Å²) in [7, 11) is 0. The standard InChI is InChI=1S/C28H29N7O3/c1-18-13-21(33-12-11-28(2,17-33)19-7-4-3-5-8-19)16-35-25(18)31-24(32-35)26(36)29-20-14-34(15-20)23-10-6-9-22(30-23)27(37)38/h3-10,13,16,20H,11-12,14-15,17H2,1-2H3,(H,29,36)(H,37,38)/t28-/m0/s1. The molecule has 1 amide bonds. The number of carbonyl (C=O) groups is 2. The van der Waals surface area contributed by atoms with Gasteiger partial charge >= 0.3 is 5.97 Å². The van der Waals surface area contributed by atoms with Gasteiger partial charge in [0.15, 0.2) is 11.3 Å². The van der Waals surface area contributed by atoms with E-state index in [2.05, 4.69) is 62.5 Å². The number of benzene rings is 1. The van der Waals surface area contributed by atoms with Gasteiger partial charge in [0, 0.05) is 31.6 Å². The number of aryl methyl sites for hydroxylation is 1. The van der Waals surface area contributed by atoms with Crippen molar-refractivity contribution in [2.75, 3.05) is 36.0 Å². The molecule has 0 spiro atoms. The third-order valence-electron chi connectivity index (χ3n) is 7.61. The molecule has 3 aromatic heterocycles. The summed E-state index contributed by atoms with van der Waals surface area (Å²) in [6.45, 7) is 7.23. The van der Waals surface area contributed by atoms with Crippen molar-refractivity contribution in [1.29, 1.82) is 0 Å². The lowest BCUT2D eigenvalue weighted by atomic mass is 9.82. The van der Waals surface area contributed by atoms with Crippen LogP contribution in [0.3, 0.4) is 0 Å². The van der Waals surface area contributed by atoms with Gasteiger partial charge in [0.25, 0.3) is 5.91 Å². The minimum absolute atomic E-state index is 0.00255. The van der Waals surface area contributed by atoms with E-state index in [1.54, 1.807) is 16.6 Å². The van der Waals surface area contributed by atoms with Crippen LogP contribution in [0.25, 0.3) is 5.65 Å². The van der Waals surface area contributed by atoms with Crippen LogP contribution in [0.4, 0.5) is 11.5 Å². The summed E-state index contributed by atoms with van der Waals surface area (Å²) >= 11 is 0. The van der Waals surface area contributed by atoms with E-state index >= 15 is 0 Å². The van der Waals surface area contributed by atoms with E-state index in [0.29, 0.717) is 24.6 Å². The topological polar surface area (TPSA) is 116 Å². The van der Waals surface area contributed by atoms with Crippen LogP contribution in [0.15, 0.2) is 60.8 Å². The number of anilines is 2. The van der Waals surface area contributed by atoms with Crippen molar-refractivity contribution in [2.24, 2.45) is 0 Å². The maximum absolute atomic E-state index is 12.9. The highest BCUT2D eigenvalue weighted by Crippen LogP contribution is 2.36. The third-order valence-corrected chi connectivity index (χ3v) is 7.61. The van der Waals surface area contributed by atoms with E-state index < -0.39 is 5.97 Å². The van der Waals surface area contributed by atoms with Gasteiger partial charge in [-0.15, -0.1) is 5.10 Å². The van der Waals surface area contributed by atoms with E-state index in [4.69, 9.17) is 5.11 Å². The number of carboxylic acid groups (broad SMARTS) is 1. The molecule has 2 fully saturated rings. The summed E-state index contributed by atoms with van der Waals surface area (Å²) in [5.41, 5.74) is 4.11. The van der Waals surface area contributed by atoms with Crippen molar-refractivity contribution < 1.29 is 14.7 Å². The molecule has 2 aliphatic heterocycles. The van der Waals surface area contributed by atoms with Crippen LogP contribution in [-0.2, 0) is 5.41 Å². The first-order chi connectivity index (χ1) is 18.3. The number of aromatic carboxylic acids is 1. The number of carboxylic acids is 1. The first kappa shape index (κ1) is 23.9. The molecule has 6 rings (SSSR count). The molecular weight excluding hydrogens is 482 g/mol. The van der Waals surface area contributed by atoms with Gasteiger partial charge in [-0.3, -0.25) is 4.79 Å². The highest BCUT2D eigenvalue weighted by atomic mass is 16.4. The summed E-state index contributed by atoms with van der Waals surface area (Å²) in [5, 5.41) is 16.6. The Balaban J connectivity index is 1.13. The number of amides is 1. The molecule has 38 heavy (non-hydrogen) atoms. The Morgan fingerprint density at radius 1 is 1.05 bits per heavy atom. The molecule has 5 heterocycles.